The molecule has 0 saturated carbocycles. The standard InChI is InChI=1S/C22H28N4O2/c1-14-7-9-25(10-8-14)22-23-18(12-20(27)24-22)17-11-21(28)26(13-17)19-6-4-5-15(2)16(19)3/h4-6,12,14,17H,7-11,13H2,1-3H3,(H,23,24,27)/t17-/m1/s1. The summed E-state index contributed by atoms with van der Waals surface area (Å²) in [5, 5.41) is 0. The van der Waals surface area contributed by atoms with Crippen molar-refractivity contribution < 1.29 is 4.79 Å². The zero-order valence-corrected chi connectivity index (χ0v) is 16.9. The average molecular weight is 380 g/mol. The molecular formula is C22H28N4O2. The number of anilines is 2. The second-order valence-corrected chi connectivity index (χ2v) is 8.29. The molecule has 6 heteroatoms. The van der Waals surface area contributed by atoms with Crippen LogP contribution in [0, 0.1) is 19.8 Å². The Hall–Kier alpha value is -2.63. The Morgan fingerprint density at radius 3 is 2.64 bits per heavy atom. The summed E-state index contributed by atoms with van der Waals surface area (Å²) in [6, 6.07) is 7.59. The maximum absolute atomic E-state index is 12.7. The van der Waals surface area contributed by atoms with Crippen molar-refractivity contribution in [2.75, 3.05) is 29.4 Å². The molecule has 2 saturated heterocycles. The summed E-state index contributed by atoms with van der Waals surface area (Å²) in [5.41, 5.74) is 3.83. The van der Waals surface area contributed by atoms with Crippen molar-refractivity contribution in [1.82, 2.24) is 9.97 Å². The van der Waals surface area contributed by atoms with E-state index in [2.05, 4.69) is 29.8 Å². The molecule has 3 heterocycles. The molecule has 6 nitrogen and oxygen atoms in total. The molecule has 4 rings (SSSR count). The van der Waals surface area contributed by atoms with E-state index in [0.29, 0.717) is 24.8 Å². The molecule has 1 aromatic heterocycles. The molecule has 2 fully saturated rings. The lowest BCUT2D eigenvalue weighted by atomic mass is 9.99. The number of aryl methyl sites for hydroxylation is 1. The van der Waals surface area contributed by atoms with Gasteiger partial charge < -0.3 is 9.80 Å². The summed E-state index contributed by atoms with van der Waals surface area (Å²) < 4.78 is 0. The van der Waals surface area contributed by atoms with Gasteiger partial charge in [0.25, 0.3) is 5.56 Å². The van der Waals surface area contributed by atoms with Crippen LogP contribution in [0.1, 0.15) is 48.9 Å². The highest BCUT2D eigenvalue weighted by molar-refractivity contribution is 5.97. The number of hydrogen-bond acceptors (Lipinski definition) is 4. The number of hydrogen-bond donors (Lipinski definition) is 1. The van der Waals surface area contributed by atoms with Gasteiger partial charge in [-0.3, -0.25) is 14.6 Å². The summed E-state index contributed by atoms with van der Waals surface area (Å²) in [7, 11) is 0. The van der Waals surface area contributed by atoms with Crippen molar-refractivity contribution in [1.29, 1.82) is 0 Å². The molecule has 0 aliphatic carbocycles. The smallest absolute Gasteiger partial charge is 0.252 e. The molecule has 0 bridgehead atoms. The zero-order valence-electron chi connectivity index (χ0n) is 16.9. The van der Waals surface area contributed by atoms with Gasteiger partial charge in [0.15, 0.2) is 0 Å². The second-order valence-electron chi connectivity index (χ2n) is 8.29. The van der Waals surface area contributed by atoms with Gasteiger partial charge in [-0.25, -0.2) is 4.98 Å². The maximum atomic E-state index is 12.7. The van der Waals surface area contributed by atoms with Crippen molar-refractivity contribution in [2.24, 2.45) is 5.92 Å². The average Bonchev–Trinajstić information content (AvgIpc) is 3.06. The van der Waals surface area contributed by atoms with Gasteiger partial charge in [0, 0.05) is 43.7 Å². The molecule has 1 amide bonds. The monoisotopic (exact) mass is 380 g/mol. The van der Waals surface area contributed by atoms with Crippen LogP contribution in [0.2, 0.25) is 0 Å². The van der Waals surface area contributed by atoms with Crippen molar-refractivity contribution in [3.63, 3.8) is 0 Å². The van der Waals surface area contributed by atoms with Crippen LogP contribution in [0.5, 0.6) is 0 Å². The minimum Gasteiger partial charge on any atom is -0.342 e. The highest BCUT2D eigenvalue weighted by Gasteiger charge is 2.34. The van der Waals surface area contributed by atoms with E-state index in [9.17, 15) is 9.59 Å². The van der Waals surface area contributed by atoms with Crippen molar-refractivity contribution in [3.05, 3.63) is 51.4 Å². The summed E-state index contributed by atoms with van der Waals surface area (Å²) in [4.78, 5) is 36.7. The largest absolute Gasteiger partial charge is 0.342 e. The number of amides is 1. The number of rotatable bonds is 3. The predicted octanol–water partition coefficient (Wildman–Crippen LogP) is 3.14. The number of carbonyl (C=O) groups is 1. The summed E-state index contributed by atoms with van der Waals surface area (Å²) in [6.45, 7) is 8.75. The Morgan fingerprint density at radius 2 is 1.89 bits per heavy atom. The van der Waals surface area contributed by atoms with Gasteiger partial charge in [-0.1, -0.05) is 19.1 Å². The van der Waals surface area contributed by atoms with Crippen molar-refractivity contribution in [3.8, 4) is 0 Å². The van der Waals surface area contributed by atoms with E-state index >= 15 is 0 Å². The molecule has 148 valence electrons. The number of nitrogens with one attached hydrogen (secondary N) is 1. The van der Waals surface area contributed by atoms with Crippen LogP contribution < -0.4 is 15.4 Å². The quantitative estimate of drug-likeness (QED) is 0.888. The van der Waals surface area contributed by atoms with Gasteiger partial charge >= 0.3 is 0 Å². The van der Waals surface area contributed by atoms with Gasteiger partial charge in [-0.15, -0.1) is 0 Å². The fourth-order valence-electron chi connectivity index (χ4n) is 4.21. The first kappa shape index (κ1) is 18.7. The normalized spacial score (nSPS) is 20.8. The summed E-state index contributed by atoms with van der Waals surface area (Å²) in [6.07, 6.45) is 2.60. The van der Waals surface area contributed by atoms with Crippen LogP contribution in [-0.4, -0.2) is 35.5 Å². The van der Waals surface area contributed by atoms with E-state index in [1.54, 1.807) is 6.07 Å². The lowest BCUT2D eigenvalue weighted by Crippen LogP contribution is -2.35. The van der Waals surface area contributed by atoms with E-state index in [4.69, 9.17) is 4.98 Å². The van der Waals surface area contributed by atoms with Crippen LogP contribution in [0.15, 0.2) is 29.1 Å². The first-order valence-corrected chi connectivity index (χ1v) is 10.1. The minimum absolute atomic E-state index is 0.0582. The molecule has 2 aromatic rings. The fraction of sp³-hybridized carbons (Fsp3) is 0.500. The van der Waals surface area contributed by atoms with E-state index in [-0.39, 0.29) is 17.4 Å². The maximum Gasteiger partial charge on any atom is 0.252 e. The Bertz CT molecular complexity index is 944. The Morgan fingerprint density at radius 1 is 1.14 bits per heavy atom. The molecule has 1 aromatic carbocycles. The molecule has 0 unspecified atom stereocenters. The van der Waals surface area contributed by atoms with Crippen LogP contribution in [0.4, 0.5) is 11.6 Å². The Labute approximate surface area is 165 Å². The Balaban J connectivity index is 1.59. The van der Waals surface area contributed by atoms with Crippen LogP contribution in [-0.2, 0) is 4.79 Å². The van der Waals surface area contributed by atoms with Crippen LogP contribution in [0.3, 0.4) is 0 Å². The molecular weight excluding hydrogens is 352 g/mol. The number of H-pyrrole nitrogens is 1. The van der Waals surface area contributed by atoms with Crippen LogP contribution in [0.25, 0.3) is 0 Å². The molecule has 2 aliphatic rings. The van der Waals surface area contributed by atoms with Gasteiger partial charge in [-0.2, -0.15) is 0 Å². The molecule has 0 spiro atoms. The van der Waals surface area contributed by atoms with Gasteiger partial charge in [0.05, 0.1) is 5.69 Å². The number of benzene rings is 1. The number of aromatic amines is 1. The summed E-state index contributed by atoms with van der Waals surface area (Å²) in [5.74, 6) is 1.39. The van der Waals surface area contributed by atoms with E-state index < -0.39 is 0 Å². The van der Waals surface area contributed by atoms with E-state index in [0.717, 1.165) is 42.9 Å². The second kappa shape index (κ2) is 7.41. The van der Waals surface area contributed by atoms with Crippen LogP contribution >= 0.6 is 0 Å². The van der Waals surface area contributed by atoms with E-state index in [1.807, 2.05) is 24.0 Å². The SMILES string of the molecule is Cc1cccc(N2C[C@H](c3cc(=O)[nH]c(N4CCC(C)CC4)n3)CC2=O)c1C. The van der Waals surface area contributed by atoms with Crippen molar-refractivity contribution >= 4 is 17.5 Å². The minimum atomic E-state index is -0.142. The zero-order chi connectivity index (χ0) is 19.8. The Kier molecular flexibility index (Phi) is 4.96. The summed E-state index contributed by atoms with van der Waals surface area (Å²) >= 11 is 0. The lowest BCUT2D eigenvalue weighted by Gasteiger charge is -2.30. The molecule has 28 heavy (non-hydrogen) atoms. The molecule has 1 N–H and O–H groups in total. The predicted molar refractivity (Wildman–Crippen MR) is 111 cm³/mol. The molecule has 1 atom stereocenters. The van der Waals surface area contributed by atoms with Crippen molar-refractivity contribution in [2.45, 2.75) is 46.0 Å². The third-order valence-corrected chi connectivity index (χ3v) is 6.24. The number of carbonyl (C=O) groups excluding carboxylic acids is 1. The number of aromatic nitrogens is 2. The topological polar surface area (TPSA) is 69.3 Å². The third kappa shape index (κ3) is 3.55. The lowest BCUT2D eigenvalue weighted by molar-refractivity contribution is -0.117. The first-order valence-electron chi connectivity index (χ1n) is 10.1. The van der Waals surface area contributed by atoms with E-state index in [1.165, 1.54) is 5.56 Å². The first-order chi connectivity index (χ1) is 13.4. The number of nitrogens with zero attached hydrogens (tertiary/aromatic N) is 3. The van der Waals surface area contributed by atoms with Gasteiger partial charge in [-0.05, 0) is 49.8 Å². The highest BCUT2D eigenvalue weighted by atomic mass is 16.2. The fourth-order valence-corrected chi connectivity index (χ4v) is 4.21. The highest BCUT2D eigenvalue weighted by Crippen LogP contribution is 2.33. The van der Waals surface area contributed by atoms with Gasteiger partial charge in [0.1, 0.15) is 0 Å². The third-order valence-electron chi connectivity index (χ3n) is 6.24. The molecule has 2 aliphatic heterocycles. The molecule has 0 radical (unpaired) electrons. The van der Waals surface area contributed by atoms with Gasteiger partial charge in [0.2, 0.25) is 11.9 Å². The number of piperidine rings is 1.